The highest BCUT2D eigenvalue weighted by atomic mass is 35.5. The zero-order valence-corrected chi connectivity index (χ0v) is 19.3. The van der Waals surface area contributed by atoms with Crippen LogP contribution < -0.4 is 20.3 Å². The smallest absolute Gasteiger partial charge is 0.263 e. The van der Waals surface area contributed by atoms with Gasteiger partial charge in [-0.15, -0.1) is 11.3 Å². The second-order valence-electron chi connectivity index (χ2n) is 6.75. The molecule has 0 saturated heterocycles. The van der Waals surface area contributed by atoms with E-state index in [-0.39, 0.29) is 12.1 Å². The molecular formula is C22H17Cl2N3O4S. The van der Waals surface area contributed by atoms with Gasteiger partial charge in [0.2, 0.25) is 5.91 Å². The first-order valence-corrected chi connectivity index (χ1v) is 11.0. The molecule has 0 radical (unpaired) electrons. The van der Waals surface area contributed by atoms with E-state index >= 15 is 0 Å². The van der Waals surface area contributed by atoms with Crippen LogP contribution in [-0.2, 0) is 11.3 Å². The maximum atomic E-state index is 13.2. The molecule has 0 aliphatic rings. The number of benzene rings is 2. The summed E-state index contributed by atoms with van der Waals surface area (Å²) < 4.78 is 11.9. The van der Waals surface area contributed by atoms with Crippen molar-refractivity contribution in [1.29, 1.82) is 0 Å². The lowest BCUT2D eigenvalue weighted by atomic mass is 10.1. The van der Waals surface area contributed by atoms with Gasteiger partial charge in [-0.1, -0.05) is 29.3 Å². The quantitative estimate of drug-likeness (QED) is 0.407. The summed E-state index contributed by atoms with van der Waals surface area (Å²) in [5.41, 5.74) is 1.53. The fourth-order valence-electron chi connectivity index (χ4n) is 3.23. The van der Waals surface area contributed by atoms with Crippen LogP contribution in [0.2, 0.25) is 10.0 Å². The van der Waals surface area contributed by atoms with Crippen molar-refractivity contribution in [2.75, 3.05) is 19.5 Å². The Morgan fingerprint density at radius 3 is 2.66 bits per heavy atom. The van der Waals surface area contributed by atoms with Crippen LogP contribution >= 0.6 is 34.5 Å². The third-order valence-electron chi connectivity index (χ3n) is 4.77. The maximum absolute atomic E-state index is 13.2. The van der Waals surface area contributed by atoms with E-state index in [0.29, 0.717) is 43.0 Å². The lowest BCUT2D eigenvalue weighted by molar-refractivity contribution is -0.116. The van der Waals surface area contributed by atoms with Crippen LogP contribution in [0.5, 0.6) is 11.5 Å². The van der Waals surface area contributed by atoms with Crippen LogP contribution in [0.25, 0.3) is 21.3 Å². The van der Waals surface area contributed by atoms with Crippen molar-refractivity contribution in [3.05, 3.63) is 68.5 Å². The normalized spacial score (nSPS) is 10.9. The van der Waals surface area contributed by atoms with Gasteiger partial charge in [-0.25, -0.2) is 4.98 Å². The van der Waals surface area contributed by atoms with Gasteiger partial charge < -0.3 is 14.8 Å². The summed E-state index contributed by atoms with van der Waals surface area (Å²) >= 11 is 13.4. The number of aromatic nitrogens is 2. The number of hydrogen-bond acceptors (Lipinski definition) is 6. The number of thiophene rings is 1. The number of carbonyl (C=O) groups excluding carboxylic acids is 1. The van der Waals surface area contributed by atoms with E-state index in [0.717, 1.165) is 5.56 Å². The van der Waals surface area contributed by atoms with Crippen molar-refractivity contribution in [3.63, 3.8) is 0 Å². The van der Waals surface area contributed by atoms with E-state index < -0.39 is 5.91 Å². The third kappa shape index (κ3) is 4.29. The number of nitrogens with zero attached hydrogens (tertiary/aromatic N) is 2. The minimum absolute atomic E-state index is 0.230. The largest absolute Gasteiger partial charge is 0.493 e. The highest BCUT2D eigenvalue weighted by molar-refractivity contribution is 7.17. The van der Waals surface area contributed by atoms with Gasteiger partial charge >= 0.3 is 0 Å². The highest BCUT2D eigenvalue weighted by Crippen LogP contribution is 2.36. The molecule has 4 rings (SSSR count). The SMILES string of the molecule is COc1ccc(-c2csc3ncn(CC(=O)Nc4cc(Cl)ccc4Cl)c(=O)c23)cc1OC. The van der Waals surface area contributed by atoms with E-state index in [2.05, 4.69) is 10.3 Å². The molecule has 0 unspecified atom stereocenters. The molecule has 4 aromatic rings. The molecule has 0 aliphatic carbocycles. The molecule has 2 aromatic heterocycles. The number of methoxy groups -OCH3 is 2. The van der Waals surface area contributed by atoms with Crippen molar-refractivity contribution < 1.29 is 14.3 Å². The van der Waals surface area contributed by atoms with Gasteiger partial charge in [0, 0.05) is 16.0 Å². The molecular weight excluding hydrogens is 473 g/mol. The first-order chi connectivity index (χ1) is 15.4. The molecule has 2 aromatic carbocycles. The number of amides is 1. The van der Waals surface area contributed by atoms with Gasteiger partial charge in [0.1, 0.15) is 11.4 Å². The highest BCUT2D eigenvalue weighted by Gasteiger charge is 2.17. The van der Waals surface area contributed by atoms with Crippen LogP contribution in [0.15, 0.2) is 52.9 Å². The number of fused-ring (bicyclic) bond motifs is 1. The monoisotopic (exact) mass is 489 g/mol. The lowest BCUT2D eigenvalue weighted by Gasteiger charge is -2.10. The molecule has 0 fully saturated rings. The van der Waals surface area contributed by atoms with E-state index in [1.807, 2.05) is 11.4 Å². The van der Waals surface area contributed by atoms with Gasteiger partial charge in [-0.05, 0) is 35.9 Å². The molecule has 0 aliphatic heterocycles. The summed E-state index contributed by atoms with van der Waals surface area (Å²) in [6.07, 6.45) is 1.36. The van der Waals surface area contributed by atoms with Gasteiger partial charge in [0.25, 0.3) is 5.56 Å². The van der Waals surface area contributed by atoms with Crippen molar-refractivity contribution in [2.24, 2.45) is 0 Å². The van der Waals surface area contributed by atoms with Crippen LogP contribution in [-0.4, -0.2) is 29.7 Å². The topological polar surface area (TPSA) is 82.5 Å². The average molecular weight is 490 g/mol. The Kier molecular flexibility index (Phi) is 6.36. The van der Waals surface area contributed by atoms with Crippen LogP contribution in [0.3, 0.4) is 0 Å². The third-order valence-corrected chi connectivity index (χ3v) is 6.22. The first-order valence-electron chi connectivity index (χ1n) is 9.35. The average Bonchev–Trinajstić information content (AvgIpc) is 3.22. The van der Waals surface area contributed by atoms with Gasteiger partial charge in [0.05, 0.1) is 36.6 Å². The predicted molar refractivity (Wildman–Crippen MR) is 128 cm³/mol. The molecule has 0 saturated carbocycles. The molecule has 1 amide bonds. The van der Waals surface area contributed by atoms with E-state index in [9.17, 15) is 9.59 Å². The number of rotatable bonds is 6. The predicted octanol–water partition coefficient (Wildman–Crippen LogP) is 5.09. The summed E-state index contributed by atoms with van der Waals surface area (Å²) in [6.45, 7) is -0.230. The Bertz CT molecular complexity index is 1380. The van der Waals surface area contributed by atoms with Crippen molar-refractivity contribution in [2.45, 2.75) is 6.54 Å². The molecule has 164 valence electrons. The molecule has 2 heterocycles. The number of nitrogens with one attached hydrogen (secondary N) is 1. The Morgan fingerprint density at radius 2 is 1.91 bits per heavy atom. The minimum atomic E-state index is -0.430. The van der Waals surface area contributed by atoms with E-state index in [1.54, 1.807) is 44.6 Å². The van der Waals surface area contributed by atoms with Crippen LogP contribution in [0.4, 0.5) is 5.69 Å². The van der Waals surface area contributed by atoms with E-state index in [4.69, 9.17) is 32.7 Å². The molecule has 10 heteroatoms. The van der Waals surface area contributed by atoms with Gasteiger partial charge in [-0.2, -0.15) is 0 Å². The molecule has 7 nitrogen and oxygen atoms in total. The first kappa shape index (κ1) is 22.1. The Balaban J connectivity index is 1.68. The summed E-state index contributed by atoms with van der Waals surface area (Å²) in [5, 5.41) is 5.74. The molecule has 1 N–H and O–H groups in total. The number of hydrogen-bond donors (Lipinski definition) is 1. The molecule has 0 spiro atoms. The Morgan fingerprint density at radius 1 is 1.12 bits per heavy atom. The number of halogens is 2. The van der Waals surface area contributed by atoms with Gasteiger partial charge in [0.15, 0.2) is 11.5 Å². The zero-order valence-electron chi connectivity index (χ0n) is 17.0. The van der Waals surface area contributed by atoms with Crippen molar-refractivity contribution in [3.8, 4) is 22.6 Å². The van der Waals surface area contributed by atoms with Gasteiger partial charge in [-0.3, -0.25) is 14.2 Å². The molecule has 32 heavy (non-hydrogen) atoms. The standard InChI is InChI=1S/C22H17Cl2N3O4S/c1-30-17-6-3-12(7-18(17)31-2)14-10-32-21-20(14)22(29)27(11-25-21)9-19(28)26-16-8-13(23)4-5-15(16)24/h3-8,10-11H,9H2,1-2H3,(H,26,28). The maximum Gasteiger partial charge on any atom is 0.263 e. The zero-order chi connectivity index (χ0) is 22.8. The summed E-state index contributed by atoms with van der Waals surface area (Å²) in [6, 6.07) is 10.2. The second-order valence-corrected chi connectivity index (χ2v) is 8.45. The second kappa shape index (κ2) is 9.20. The van der Waals surface area contributed by atoms with Crippen LogP contribution in [0.1, 0.15) is 0 Å². The fraction of sp³-hybridized carbons (Fsp3) is 0.136. The summed E-state index contributed by atoms with van der Waals surface area (Å²) in [7, 11) is 3.11. The number of anilines is 1. The van der Waals surface area contributed by atoms with Crippen LogP contribution in [0, 0.1) is 0 Å². The van der Waals surface area contributed by atoms with Crippen molar-refractivity contribution in [1.82, 2.24) is 9.55 Å². The molecule has 0 atom stereocenters. The van der Waals surface area contributed by atoms with Crippen molar-refractivity contribution >= 4 is 56.3 Å². The number of carbonyl (C=O) groups is 1. The summed E-state index contributed by atoms with van der Waals surface area (Å²) in [5.74, 6) is 0.703. The summed E-state index contributed by atoms with van der Waals surface area (Å²) in [4.78, 5) is 30.7. The fourth-order valence-corrected chi connectivity index (χ4v) is 4.48. The Hall–Kier alpha value is -3.07. The number of ether oxygens (including phenoxy) is 2. The lowest BCUT2D eigenvalue weighted by Crippen LogP contribution is -2.27. The molecule has 0 bridgehead atoms. The van der Waals surface area contributed by atoms with E-state index in [1.165, 1.54) is 22.2 Å². The minimum Gasteiger partial charge on any atom is -0.493 e. The Labute approximate surface area is 197 Å².